The number of thiophene rings is 1. The standard InChI is InChI=1S/C18H22N4OS2/c1-11(2)9-16-20-21-18(25-16)19-17(23)14-10-15-13(7-8-24-15)22(14)12-5-3-4-6-12/h7-8,10-12H,3-6,9H2,1-2H3,(H,19,21,23). The van der Waals surface area contributed by atoms with Crippen LogP contribution in [0.3, 0.4) is 0 Å². The SMILES string of the molecule is CC(C)Cc1nnc(NC(=O)c2cc3sccc3n2C2CCCC2)s1. The third-order valence-corrected chi connectivity index (χ3v) is 6.37. The second-order valence-electron chi connectivity index (χ2n) is 7.06. The number of carbonyl (C=O) groups is 1. The monoisotopic (exact) mass is 374 g/mol. The Labute approximate surface area is 155 Å². The van der Waals surface area contributed by atoms with Gasteiger partial charge in [-0.1, -0.05) is 38.0 Å². The molecular formula is C18H22N4OS2. The van der Waals surface area contributed by atoms with Gasteiger partial charge in [0.2, 0.25) is 5.13 Å². The number of hydrogen-bond acceptors (Lipinski definition) is 5. The Morgan fingerprint density at radius 3 is 2.92 bits per heavy atom. The first-order valence-electron chi connectivity index (χ1n) is 8.84. The molecule has 0 atom stereocenters. The first-order chi connectivity index (χ1) is 12.1. The van der Waals surface area contributed by atoms with Crippen molar-refractivity contribution in [2.45, 2.75) is 52.0 Å². The highest BCUT2D eigenvalue weighted by Gasteiger charge is 2.25. The van der Waals surface area contributed by atoms with E-state index >= 15 is 0 Å². The maximum Gasteiger partial charge on any atom is 0.274 e. The topological polar surface area (TPSA) is 59.8 Å². The van der Waals surface area contributed by atoms with E-state index in [-0.39, 0.29) is 5.91 Å². The molecule has 0 aliphatic heterocycles. The maximum atomic E-state index is 12.9. The third-order valence-electron chi connectivity index (χ3n) is 4.65. The molecule has 5 nitrogen and oxygen atoms in total. The maximum absolute atomic E-state index is 12.9. The molecule has 7 heteroatoms. The fraction of sp³-hybridized carbons (Fsp3) is 0.500. The van der Waals surface area contributed by atoms with Gasteiger partial charge in [0.05, 0.1) is 10.2 Å². The predicted molar refractivity (Wildman–Crippen MR) is 104 cm³/mol. The second kappa shape index (κ2) is 6.88. The van der Waals surface area contributed by atoms with Crippen LogP contribution >= 0.6 is 22.7 Å². The van der Waals surface area contributed by atoms with E-state index in [0.29, 0.717) is 17.1 Å². The Kier molecular flexibility index (Phi) is 4.60. The normalized spacial score (nSPS) is 15.5. The summed E-state index contributed by atoms with van der Waals surface area (Å²) in [5.74, 6) is 0.449. The van der Waals surface area contributed by atoms with E-state index in [4.69, 9.17) is 0 Å². The highest BCUT2D eigenvalue weighted by atomic mass is 32.1. The fourth-order valence-corrected chi connectivity index (χ4v) is 5.33. The zero-order valence-corrected chi connectivity index (χ0v) is 16.1. The molecule has 1 saturated carbocycles. The lowest BCUT2D eigenvalue weighted by atomic mass is 10.1. The minimum atomic E-state index is -0.0810. The van der Waals surface area contributed by atoms with Gasteiger partial charge in [-0.05, 0) is 36.3 Å². The van der Waals surface area contributed by atoms with Crippen LogP contribution in [0.25, 0.3) is 10.2 Å². The van der Waals surface area contributed by atoms with E-state index in [1.807, 2.05) is 6.07 Å². The molecule has 1 fully saturated rings. The van der Waals surface area contributed by atoms with Gasteiger partial charge < -0.3 is 4.57 Å². The quantitative estimate of drug-likeness (QED) is 0.674. The molecule has 0 aromatic carbocycles. The number of hydrogen-bond donors (Lipinski definition) is 1. The zero-order chi connectivity index (χ0) is 17.4. The number of nitrogens with one attached hydrogen (secondary N) is 1. The highest BCUT2D eigenvalue weighted by Crippen LogP contribution is 2.36. The number of carbonyl (C=O) groups excluding carboxylic acids is 1. The lowest BCUT2D eigenvalue weighted by Crippen LogP contribution is -2.19. The molecule has 1 aliphatic rings. The van der Waals surface area contributed by atoms with Crippen LogP contribution in [0.5, 0.6) is 0 Å². The van der Waals surface area contributed by atoms with Crippen molar-refractivity contribution in [2.24, 2.45) is 5.92 Å². The van der Waals surface area contributed by atoms with Crippen molar-refractivity contribution < 1.29 is 4.79 Å². The molecule has 0 saturated heterocycles. The van der Waals surface area contributed by atoms with Crippen molar-refractivity contribution >= 4 is 43.9 Å². The van der Waals surface area contributed by atoms with E-state index in [2.05, 4.69) is 45.4 Å². The number of rotatable bonds is 5. The number of fused-ring (bicyclic) bond motifs is 1. The van der Waals surface area contributed by atoms with Crippen LogP contribution in [0, 0.1) is 5.92 Å². The van der Waals surface area contributed by atoms with Crippen molar-refractivity contribution in [3.8, 4) is 0 Å². The van der Waals surface area contributed by atoms with Gasteiger partial charge in [0, 0.05) is 12.5 Å². The Hall–Kier alpha value is -1.73. The van der Waals surface area contributed by atoms with Crippen LogP contribution in [0.1, 0.15) is 61.1 Å². The molecule has 25 heavy (non-hydrogen) atoms. The predicted octanol–water partition coefficient (Wildman–Crippen LogP) is 5.12. The van der Waals surface area contributed by atoms with E-state index in [1.54, 1.807) is 11.3 Å². The summed E-state index contributed by atoms with van der Waals surface area (Å²) in [7, 11) is 0. The number of aromatic nitrogens is 3. The Balaban J connectivity index is 1.60. The molecule has 4 rings (SSSR count). The average Bonchev–Trinajstić information content (AvgIpc) is 3.30. The number of anilines is 1. The van der Waals surface area contributed by atoms with Crippen LogP contribution in [0.15, 0.2) is 17.5 Å². The van der Waals surface area contributed by atoms with E-state index in [1.165, 1.54) is 34.4 Å². The molecule has 1 N–H and O–H groups in total. The summed E-state index contributed by atoms with van der Waals surface area (Å²) >= 11 is 3.16. The van der Waals surface area contributed by atoms with Crippen LogP contribution in [-0.2, 0) is 6.42 Å². The van der Waals surface area contributed by atoms with Crippen LogP contribution in [0.4, 0.5) is 5.13 Å². The van der Waals surface area contributed by atoms with E-state index in [9.17, 15) is 4.79 Å². The molecule has 3 aromatic rings. The van der Waals surface area contributed by atoms with Crippen LogP contribution < -0.4 is 5.32 Å². The smallest absolute Gasteiger partial charge is 0.274 e. The first kappa shape index (κ1) is 16.7. The van der Waals surface area contributed by atoms with Gasteiger partial charge in [-0.3, -0.25) is 10.1 Å². The van der Waals surface area contributed by atoms with Crippen molar-refractivity contribution in [2.75, 3.05) is 5.32 Å². The molecular weight excluding hydrogens is 352 g/mol. The van der Waals surface area contributed by atoms with Gasteiger partial charge in [-0.15, -0.1) is 21.5 Å². The summed E-state index contributed by atoms with van der Waals surface area (Å²) in [6, 6.07) is 4.57. The summed E-state index contributed by atoms with van der Waals surface area (Å²) in [6.07, 6.45) is 5.67. The largest absolute Gasteiger partial charge is 0.333 e. The molecule has 1 aliphatic carbocycles. The highest BCUT2D eigenvalue weighted by molar-refractivity contribution is 7.17. The molecule has 0 unspecified atom stereocenters. The van der Waals surface area contributed by atoms with E-state index in [0.717, 1.165) is 30.0 Å². The van der Waals surface area contributed by atoms with Gasteiger partial charge in [0.1, 0.15) is 10.7 Å². The average molecular weight is 375 g/mol. The fourth-order valence-electron chi connectivity index (χ4n) is 3.57. The Morgan fingerprint density at radius 1 is 1.36 bits per heavy atom. The third kappa shape index (κ3) is 3.35. The van der Waals surface area contributed by atoms with Crippen molar-refractivity contribution in [3.05, 3.63) is 28.2 Å². The first-order valence-corrected chi connectivity index (χ1v) is 10.5. The lowest BCUT2D eigenvalue weighted by molar-refractivity contribution is 0.101. The summed E-state index contributed by atoms with van der Waals surface area (Å²) in [5.41, 5.74) is 1.93. The van der Waals surface area contributed by atoms with Crippen LogP contribution in [-0.4, -0.2) is 20.7 Å². The Bertz CT molecular complexity index is 886. The van der Waals surface area contributed by atoms with Gasteiger partial charge in [-0.25, -0.2) is 0 Å². The number of amides is 1. The molecule has 3 heterocycles. The summed E-state index contributed by atoms with van der Waals surface area (Å²) in [5, 5.41) is 14.9. The van der Waals surface area contributed by atoms with Crippen LogP contribution in [0.2, 0.25) is 0 Å². The molecule has 132 valence electrons. The lowest BCUT2D eigenvalue weighted by Gasteiger charge is -2.16. The molecule has 0 bridgehead atoms. The summed E-state index contributed by atoms with van der Waals surface area (Å²) in [6.45, 7) is 4.31. The Morgan fingerprint density at radius 2 is 2.16 bits per heavy atom. The van der Waals surface area contributed by atoms with Crippen molar-refractivity contribution in [1.29, 1.82) is 0 Å². The number of nitrogens with zero attached hydrogens (tertiary/aromatic N) is 3. The van der Waals surface area contributed by atoms with Gasteiger partial charge in [-0.2, -0.15) is 0 Å². The molecule has 3 aromatic heterocycles. The van der Waals surface area contributed by atoms with E-state index < -0.39 is 0 Å². The summed E-state index contributed by atoms with van der Waals surface area (Å²) < 4.78 is 3.42. The molecule has 1 amide bonds. The molecule has 0 radical (unpaired) electrons. The molecule has 0 spiro atoms. The minimum absolute atomic E-state index is 0.0810. The van der Waals surface area contributed by atoms with Crippen molar-refractivity contribution in [1.82, 2.24) is 14.8 Å². The minimum Gasteiger partial charge on any atom is -0.333 e. The van der Waals surface area contributed by atoms with Gasteiger partial charge in [0.15, 0.2) is 0 Å². The van der Waals surface area contributed by atoms with Gasteiger partial charge >= 0.3 is 0 Å². The second-order valence-corrected chi connectivity index (χ2v) is 9.07. The van der Waals surface area contributed by atoms with Crippen molar-refractivity contribution in [3.63, 3.8) is 0 Å². The zero-order valence-electron chi connectivity index (χ0n) is 14.5. The van der Waals surface area contributed by atoms with Gasteiger partial charge in [0.25, 0.3) is 5.91 Å². The summed E-state index contributed by atoms with van der Waals surface area (Å²) in [4.78, 5) is 12.9.